The third-order valence-electron chi connectivity index (χ3n) is 1.68. The minimum atomic E-state index is -0.540. The molecule has 5 heteroatoms. The monoisotopic (exact) mass is 195 g/mol. The van der Waals surface area contributed by atoms with Gasteiger partial charge in [-0.25, -0.2) is 4.98 Å². The second-order valence-corrected chi connectivity index (χ2v) is 2.79. The van der Waals surface area contributed by atoms with Crippen molar-refractivity contribution in [3.8, 4) is 5.75 Å². The lowest BCUT2D eigenvalue weighted by atomic mass is 10.3. The second kappa shape index (κ2) is 4.45. The summed E-state index contributed by atoms with van der Waals surface area (Å²) in [6.45, 7) is 1.66. The van der Waals surface area contributed by atoms with E-state index >= 15 is 0 Å². The molecule has 0 saturated carbocycles. The van der Waals surface area contributed by atoms with E-state index in [9.17, 15) is 4.79 Å². The number of nitrogens with zero attached hydrogens (tertiary/aromatic N) is 1. The van der Waals surface area contributed by atoms with E-state index in [1.807, 2.05) is 0 Å². The molecule has 0 radical (unpaired) electrons. The molecule has 0 fully saturated rings. The molecule has 14 heavy (non-hydrogen) atoms. The maximum absolute atomic E-state index is 11.1. The smallest absolute Gasteiger partial charge is 0.260 e. The highest BCUT2D eigenvalue weighted by molar-refractivity contribution is 5.80. The fraction of sp³-hybridized carbons (Fsp3) is 0.333. The number of carbonyl (C=O) groups excluding carboxylic acids is 1. The van der Waals surface area contributed by atoms with Crippen molar-refractivity contribution in [3.63, 3.8) is 0 Å². The Morgan fingerprint density at radius 3 is 3.00 bits per heavy atom. The van der Waals surface area contributed by atoms with Gasteiger partial charge in [-0.2, -0.15) is 0 Å². The van der Waals surface area contributed by atoms with Crippen LogP contribution in [-0.2, 0) is 4.79 Å². The van der Waals surface area contributed by atoms with Crippen LogP contribution in [0.5, 0.6) is 5.75 Å². The summed E-state index contributed by atoms with van der Waals surface area (Å²) in [5, 5.41) is 2.49. The van der Waals surface area contributed by atoms with Crippen molar-refractivity contribution in [1.82, 2.24) is 10.3 Å². The number of carbonyl (C=O) groups is 1. The Bertz CT molecular complexity index is 328. The number of hydrogen-bond acceptors (Lipinski definition) is 4. The van der Waals surface area contributed by atoms with E-state index in [0.717, 1.165) is 0 Å². The highest BCUT2D eigenvalue weighted by Crippen LogP contribution is 2.13. The maximum Gasteiger partial charge on any atom is 0.260 e. The number of aromatic nitrogens is 1. The van der Waals surface area contributed by atoms with Gasteiger partial charge in [-0.3, -0.25) is 4.79 Å². The molecule has 1 aromatic heterocycles. The summed E-state index contributed by atoms with van der Waals surface area (Å²) in [6, 6.07) is 3.22. The van der Waals surface area contributed by atoms with E-state index in [1.165, 1.54) is 6.20 Å². The van der Waals surface area contributed by atoms with Gasteiger partial charge in [0.05, 0.1) is 0 Å². The summed E-state index contributed by atoms with van der Waals surface area (Å²) < 4.78 is 5.32. The van der Waals surface area contributed by atoms with Gasteiger partial charge >= 0.3 is 0 Å². The van der Waals surface area contributed by atoms with Crippen LogP contribution in [0.25, 0.3) is 0 Å². The molecule has 0 aliphatic heterocycles. The third kappa shape index (κ3) is 2.62. The van der Waals surface area contributed by atoms with Crippen molar-refractivity contribution in [2.24, 2.45) is 0 Å². The van der Waals surface area contributed by atoms with E-state index < -0.39 is 6.10 Å². The average Bonchev–Trinajstić information content (AvgIpc) is 2.16. The number of rotatable bonds is 3. The van der Waals surface area contributed by atoms with Crippen LogP contribution in [0.2, 0.25) is 0 Å². The van der Waals surface area contributed by atoms with Gasteiger partial charge in [0.2, 0.25) is 0 Å². The van der Waals surface area contributed by atoms with Gasteiger partial charge in [0.1, 0.15) is 11.6 Å². The van der Waals surface area contributed by atoms with Crippen LogP contribution in [0.4, 0.5) is 5.82 Å². The lowest BCUT2D eigenvalue weighted by Gasteiger charge is -2.12. The second-order valence-electron chi connectivity index (χ2n) is 2.79. The number of nitrogens with two attached hydrogens (primary N) is 1. The van der Waals surface area contributed by atoms with Crippen LogP contribution in [0.3, 0.4) is 0 Å². The number of anilines is 1. The average molecular weight is 195 g/mol. The Labute approximate surface area is 82.3 Å². The van der Waals surface area contributed by atoms with Gasteiger partial charge < -0.3 is 15.8 Å². The molecule has 1 unspecified atom stereocenters. The zero-order chi connectivity index (χ0) is 10.6. The first-order valence-corrected chi connectivity index (χ1v) is 4.23. The van der Waals surface area contributed by atoms with Gasteiger partial charge in [-0.1, -0.05) is 0 Å². The summed E-state index contributed by atoms with van der Waals surface area (Å²) in [4.78, 5) is 14.9. The SMILES string of the molecule is CNC(=O)C(C)Oc1ccnc(N)c1. The van der Waals surface area contributed by atoms with Gasteiger partial charge in [0.25, 0.3) is 5.91 Å². The van der Waals surface area contributed by atoms with Crippen molar-refractivity contribution in [3.05, 3.63) is 18.3 Å². The zero-order valence-corrected chi connectivity index (χ0v) is 8.15. The summed E-state index contributed by atoms with van der Waals surface area (Å²) in [6.07, 6.45) is 0.989. The largest absolute Gasteiger partial charge is 0.481 e. The van der Waals surface area contributed by atoms with E-state index in [1.54, 1.807) is 26.1 Å². The Kier molecular flexibility index (Phi) is 3.28. The molecule has 0 aliphatic rings. The molecule has 1 rings (SSSR count). The lowest BCUT2D eigenvalue weighted by Crippen LogP contribution is -2.33. The molecular formula is C9H13N3O2. The molecule has 5 nitrogen and oxygen atoms in total. The number of hydrogen-bond donors (Lipinski definition) is 2. The first-order chi connectivity index (χ1) is 6.63. The number of nitrogen functional groups attached to an aromatic ring is 1. The maximum atomic E-state index is 11.1. The van der Waals surface area contributed by atoms with Crippen LogP contribution >= 0.6 is 0 Å². The number of nitrogens with one attached hydrogen (secondary N) is 1. The van der Waals surface area contributed by atoms with Crippen LogP contribution in [0, 0.1) is 0 Å². The molecule has 0 aromatic carbocycles. The molecule has 1 atom stereocenters. The van der Waals surface area contributed by atoms with Crippen molar-refractivity contribution in [1.29, 1.82) is 0 Å². The normalized spacial score (nSPS) is 11.9. The third-order valence-corrected chi connectivity index (χ3v) is 1.68. The van der Waals surface area contributed by atoms with E-state index in [-0.39, 0.29) is 5.91 Å². The first-order valence-electron chi connectivity index (χ1n) is 4.23. The minimum absolute atomic E-state index is 0.180. The number of pyridine rings is 1. The highest BCUT2D eigenvalue weighted by atomic mass is 16.5. The Morgan fingerprint density at radius 2 is 2.43 bits per heavy atom. The number of likely N-dealkylation sites (N-methyl/N-ethyl adjacent to an activating group) is 1. The standard InChI is InChI=1S/C9H13N3O2/c1-6(9(13)11-2)14-7-3-4-12-8(10)5-7/h3-6H,1-2H3,(H2,10,12)(H,11,13). The predicted octanol–water partition coefficient (Wildman–Crippen LogP) is 0.177. The van der Waals surface area contributed by atoms with Gasteiger partial charge in [-0.15, -0.1) is 0 Å². The summed E-state index contributed by atoms with van der Waals surface area (Å²) in [7, 11) is 1.56. The molecule has 1 aromatic rings. The molecule has 3 N–H and O–H groups in total. The van der Waals surface area contributed by atoms with Gasteiger partial charge in [0, 0.05) is 19.3 Å². The quantitative estimate of drug-likeness (QED) is 0.721. The molecule has 76 valence electrons. The van der Waals surface area contributed by atoms with Crippen LogP contribution < -0.4 is 15.8 Å². The lowest BCUT2D eigenvalue weighted by molar-refractivity contribution is -0.126. The van der Waals surface area contributed by atoms with Crippen LogP contribution in [0.1, 0.15) is 6.92 Å². The van der Waals surface area contributed by atoms with Crippen LogP contribution in [-0.4, -0.2) is 24.0 Å². The van der Waals surface area contributed by atoms with Crippen molar-refractivity contribution < 1.29 is 9.53 Å². The topological polar surface area (TPSA) is 77.2 Å². The molecule has 1 amide bonds. The molecule has 1 heterocycles. The predicted molar refractivity (Wildman–Crippen MR) is 52.8 cm³/mol. The molecule has 0 spiro atoms. The molecule has 0 aliphatic carbocycles. The summed E-state index contributed by atoms with van der Waals surface area (Å²) in [5.74, 6) is 0.723. The van der Waals surface area contributed by atoms with E-state index in [4.69, 9.17) is 10.5 Å². The van der Waals surface area contributed by atoms with Gasteiger partial charge in [-0.05, 0) is 13.0 Å². The summed E-state index contributed by atoms with van der Waals surface area (Å²) >= 11 is 0. The summed E-state index contributed by atoms with van der Waals surface area (Å²) in [5.41, 5.74) is 5.45. The van der Waals surface area contributed by atoms with Crippen molar-refractivity contribution in [2.45, 2.75) is 13.0 Å². The van der Waals surface area contributed by atoms with Crippen molar-refractivity contribution in [2.75, 3.05) is 12.8 Å². The van der Waals surface area contributed by atoms with Crippen LogP contribution in [0.15, 0.2) is 18.3 Å². The Morgan fingerprint density at radius 1 is 1.71 bits per heavy atom. The van der Waals surface area contributed by atoms with Crippen molar-refractivity contribution >= 4 is 11.7 Å². The fourth-order valence-electron chi connectivity index (χ4n) is 0.962. The molecule has 0 saturated heterocycles. The number of amides is 1. The Hall–Kier alpha value is -1.78. The molecular weight excluding hydrogens is 182 g/mol. The highest BCUT2D eigenvalue weighted by Gasteiger charge is 2.12. The first kappa shape index (κ1) is 10.3. The molecule has 0 bridgehead atoms. The Balaban J connectivity index is 2.64. The number of ether oxygens (including phenoxy) is 1. The van der Waals surface area contributed by atoms with E-state index in [2.05, 4.69) is 10.3 Å². The van der Waals surface area contributed by atoms with Gasteiger partial charge in [0.15, 0.2) is 6.10 Å². The minimum Gasteiger partial charge on any atom is -0.481 e. The zero-order valence-electron chi connectivity index (χ0n) is 8.15. The van der Waals surface area contributed by atoms with E-state index in [0.29, 0.717) is 11.6 Å². The fourth-order valence-corrected chi connectivity index (χ4v) is 0.962.